The lowest BCUT2D eigenvalue weighted by atomic mass is 9.98. The van der Waals surface area contributed by atoms with E-state index >= 15 is 0 Å². The van der Waals surface area contributed by atoms with E-state index in [9.17, 15) is 4.39 Å². The average molecular weight is 252 g/mol. The molecule has 0 aliphatic carbocycles. The molecule has 1 aromatic carbocycles. The third-order valence-corrected chi connectivity index (χ3v) is 3.97. The molecule has 0 fully saturated rings. The molecule has 102 valence electrons. The Morgan fingerprint density at radius 3 is 2.33 bits per heavy atom. The number of rotatable bonds is 6. The molecule has 0 amide bonds. The van der Waals surface area contributed by atoms with Crippen LogP contribution in [0.1, 0.15) is 45.2 Å². The maximum atomic E-state index is 12.8. The fraction of sp³-hybridized carbons (Fsp3) is 0.600. The van der Waals surface area contributed by atoms with Crippen molar-refractivity contribution in [2.75, 3.05) is 13.6 Å². The monoisotopic (exact) mass is 252 g/mol. The van der Waals surface area contributed by atoms with E-state index in [1.165, 1.54) is 12.1 Å². The van der Waals surface area contributed by atoms with E-state index < -0.39 is 0 Å². The number of hydrogen-bond donors (Lipinski definition) is 1. The Kier molecular flexibility index (Phi) is 5.29. The highest BCUT2D eigenvalue weighted by Gasteiger charge is 2.21. The van der Waals surface area contributed by atoms with E-state index in [2.05, 4.69) is 32.7 Å². The van der Waals surface area contributed by atoms with Crippen LogP contribution in [0, 0.1) is 5.82 Å². The smallest absolute Gasteiger partial charge is 0.123 e. The van der Waals surface area contributed by atoms with Gasteiger partial charge in [-0.15, -0.1) is 0 Å². The van der Waals surface area contributed by atoms with Crippen molar-refractivity contribution in [1.82, 2.24) is 4.90 Å². The van der Waals surface area contributed by atoms with Gasteiger partial charge in [0.1, 0.15) is 5.82 Å². The van der Waals surface area contributed by atoms with E-state index in [0.29, 0.717) is 0 Å². The molecule has 0 aromatic heterocycles. The standard InChI is InChI=1S/C15H25FN2/c1-5-15(2,3)18(4)11-10-14(17)12-6-8-13(16)9-7-12/h6-9,14H,5,10-11,17H2,1-4H3. The molecule has 3 heteroatoms. The van der Waals surface area contributed by atoms with Crippen LogP contribution in [0.3, 0.4) is 0 Å². The third kappa shape index (κ3) is 4.07. The molecule has 0 aliphatic rings. The van der Waals surface area contributed by atoms with Crippen molar-refractivity contribution in [3.63, 3.8) is 0 Å². The van der Waals surface area contributed by atoms with Crippen LogP contribution in [0.4, 0.5) is 4.39 Å². The maximum absolute atomic E-state index is 12.8. The Balaban J connectivity index is 2.51. The van der Waals surface area contributed by atoms with E-state index in [1.807, 2.05) is 0 Å². The summed E-state index contributed by atoms with van der Waals surface area (Å²) in [6.45, 7) is 7.60. The van der Waals surface area contributed by atoms with Crippen molar-refractivity contribution < 1.29 is 4.39 Å². The Labute approximate surface area is 110 Å². The summed E-state index contributed by atoms with van der Waals surface area (Å²) >= 11 is 0. The van der Waals surface area contributed by atoms with Gasteiger partial charge in [-0.2, -0.15) is 0 Å². The van der Waals surface area contributed by atoms with Gasteiger partial charge < -0.3 is 10.6 Å². The fourth-order valence-corrected chi connectivity index (χ4v) is 1.78. The van der Waals surface area contributed by atoms with Crippen molar-refractivity contribution in [1.29, 1.82) is 0 Å². The molecule has 1 atom stereocenters. The topological polar surface area (TPSA) is 29.3 Å². The molecular formula is C15H25FN2. The first-order valence-electron chi connectivity index (χ1n) is 6.59. The molecule has 0 radical (unpaired) electrons. The van der Waals surface area contributed by atoms with E-state index in [-0.39, 0.29) is 17.4 Å². The minimum Gasteiger partial charge on any atom is -0.324 e. The zero-order valence-electron chi connectivity index (χ0n) is 11.9. The van der Waals surface area contributed by atoms with Gasteiger partial charge in [0.25, 0.3) is 0 Å². The lowest BCUT2D eigenvalue weighted by Crippen LogP contribution is -2.41. The predicted octanol–water partition coefficient (Wildman–Crippen LogP) is 3.34. The van der Waals surface area contributed by atoms with Gasteiger partial charge in [0.2, 0.25) is 0 Å². The summed E-state index contributed by atoms with van der Waals surface area (Å²) in [6.07, 6.45) is 1.99. The number of benzene rings is 1. The third-order valence-electron chi connectivity index (χ3n) is 3.97. The van der Waals surface area contributed by atoms with Gasteiger partial charge in [-0.1, -0.05) is 19.1 Å². The molecule has 0 saturated carbocycles. The van der Waals surface area contributed by atoms with E-state index in [4.69, 9.17) is 5.73 Å². The summed E-state index contributed by atoms with van der Waals surface area (Å²) in [5.74, 6) is -0.213. The van der Waals surface area contributed by atoms with Crippen LogP contribution in [0.2, 0.25) is 0 Å². The van der Waals surface area contributed by atoms with E-state index in [1.54, 1.807) is 12.1 Å². The molecule has 2 nitrogen and oxygen atoms in total. The van der Waals surface area contributed by atoms with Crippen molar-refractivity contribution in [2.45, 2.75) is 45.2 Å². The Morgan fingerprint density at radius 2 is 1.83 bits per heavy atom. The molecule has 1 aromatic rings. The van der Waals surface area contributed by atoms with Crippen LogP contribution in [0.15, 0.2) is 24.3 Å². The normalized spacial score (nSPS) is 13.9. The zero-order chi connectivity index (χ0) is 13.8. The first-order chi connectivity index (χ1) is 8.36. The van der Waals surface area contributed by atoms with Gasteiger partial charge in [-0.3, -0.25) is 0 Å². The molecular weight excluding hydrogens is 227 g/mol. The van der Waals surface area contributed by atoms with Crippen LogP contribution in [-0.4, -0.2) is 24.0 Å². The minimum absolute atomic E-state index is 0.0271. The summed E-state index contributed by atoms with van der Waals surface area (Å²) in [4.78, 5) is 2.33. The summed E-state index contributed by atoms with van der Waals surface area (Å²) in [6, 6.07) is 6.44. The summed E-state index contributed by atoms with van der Waals surface area (Å²) < 4.78 is 12.8. The molecule has 0 aliphatic heterocycles. The van der Waals surface area contributed by atoms with Gasteiger partial charge in [-0.25, -0.2) is 4.39 Å². The molecule has 1 unspecified atom stereocenters. The first-order valence-corrected chi connectivity index (χ1v) is 6.59. The number of nitrogens with zero attached hydrogens (tertiary/aromatic N) is 1. The molecule has 2 N–H and O–H groups in total. The zero-order valence-corrected chi connectivity index (χ0v) is 11.9. The lowest BCUT2D eigenvalue weighted by molar-refractivity contribution is 0.146. The minimum atomic E-state index is -0.213. The van der Waals surface area contributed by atoms with Crippen molar-refractivity contribution in [3.05, 3.63) is 35.6 Å². The van der Waals surface area contributed by atoms with Gasteiger partial charge in [0.05, 0.1) is 0 Å². The number of nitrogens with two attached hydrogens (primary N) is 1. The quantitative estimate of drug-likeness (QED) is 0.841. The SMILES string of the molecule is CCC(C)(C)N(C)CCC(N)c1ccc(F)cc1. The second-order valence-corrected chi connectivity index (χ2v) is 5.53. The van der Waals surface area contributed by atoms with Crippen LogP contribution >= 0.6 is 0 Å². The van der Waals surface area contributed by atoms with Crippen molar-refractivity contribution >= 4 is 0 Å². The predicted molar refractivity (Wildman–Crippen MR) is 74.9 cm³/mol. The number of halogens is 1. The second-order valence-electron chi connectivity index (χ2n) is 5.53. The highest BCUT2D eigenvalue weighted by molar-refractivity contribution is 5.19. The van der Waals surface area contributed by atoms with Crippen LogP contribution < -0.4 is 5.73 Å². The Hall–Kier alpha value is -0.930. The molecule has 18 heavy (non-hydrogen) atoms. The Bertz CT molecular complexity index is 359. The molecule has 0 spiro atoms. The lowest BCUT2D eigenvalue weighted by Gasteiger charge is -2.35. The Morgan fingerprint density at radius 1 is 1.28 bits per heavy atom. The second kappa shape index (κ2) is 6.30. The molecule has 1 rings (SSSR count). The van der Waals surface area contributed by atoms with Crippen molar-refractivity contribution in [3.8, 4) is 0 Å². The highest BCUT2D eigenvalue weighted by atomic mass is 19.1. The van der Waals surface area contributed by atoms with E-state index in [0.717, 1.165) is 24.9 Å². The van der Waals surface area contributed by atoms with Crippen LogP contribution in [0.25, 0.3) is 0 Å². The number of hydrogen-bond acceptors (Lipinski definition) is 2. The van der Waals surface area contributed by atoms with Crippen LogP contribution in [0.5, 0.6) is 0 Å². The summed E-state index contributed by atoms with van der Waals surface area (Å²) in [5, 5.41) is 0. The highest BCUT2D eigenvalue weighted by Crippen LogP contribution is 2.20. The van der Waals surface area contributed by atoms with Gasteiger partial charge in [-0.05, 0) is 51.4 Å². The van der Waals surface area contributed by atoms with Crippen molar-refractivity contribution in [2.24, 2.45) is 5.73 Å². The average Bonchev–Trinajstić information content (AvgIpc) is 2.36. The van der Waals surface area contributed by atoms with Crippen LogP contribution in [-0.2, 0) is 0 Å². The fourth-order valence-electron chi connectivity index (χ4n) is 1.78. The van der Waals surface area contributed by atoms with Gasteiger partial charge >= 0.3 is 0 Å². The summed E-state index contributed by atoms with van der Waals surface area (Å²) in [7, 11) is 2.13. The molecule has 0 bridgehead atoms. The van der Waals surface area contributed by atoms with Gasteiger partial charge in [0.15, 0.2) is 0 Å². The summed E-state index contributed by atoms with van der Waals surface area (Å²) in [5.41, 5.74) is 7.33. The molecule has 0 heterocycles. The molecule has 0 saturated heterocycles. The van der Waals surface area contributed by atoms with Gasteiger partial charge in [0, 0.05) is 18.1 Å². The maximum Gasteiger partial charge on any atom is 0.123 e. The largest absolute Gasteiger partial charge is 0.324 e. The first kappa shape index (κ1) is 15.1.